The molecule has 1 amide bonds. The second-order valence-corrected chi connectivity index (χ2v) is 5.11. The van der Waals surface area contributed by atoms with Crippen molar-refractivity contribution in [3.63, 3.8) is 0 Å². The molecule has 1 fully saturated rings. The van der Waals surface area contributed by atoms with E-state index in [9.17, 15) is 4.79 Å². The summed E-state index contributed by atoms with van der Waals surface area (Å²) >= 11 is 0. The second kappa shape index (κ2) is 4.86. The molecule has 3 nitrogen and oxygen atoms in total. The number of carbonyl (C=O) groups is 1. The summed E-state index contributed by atoms with van der Waals surface area (Å²) in [6.45, 7) is 8.18. The standard InChI is InChI=1S/C14H20N2O/c1-4-11-8-16(9-11)14(17)12-5-6-15-13(7-12)10(2)3/h5-7,10-11H,4,8-9H2,1-3H3. The van der Waals surface area contributed by atoms with Crippen LogP contribution in [-0.4, -0.2) is 28.9 Å². The van der Waals surface area contributed by atoms with Crippen LogP contribution in [0.3, 0.4) is 0 Å². The molecule has 1 aliphatic heterocycles. The van der Waals surface area contributed by atoms with E-state index in [1.54, 1.807) is 6.20 Å². The van der Waals surface area contributed by atoms with Gasteiger partial charge in [-0.3, -0.25) is 9.78 Å². The number of amides is 1. The lowest BCUT2D eigenvalue weighted by Crippen LogP contribution is -2.49. The minimum absolute atomic E-state index is 0.152. The predicted molar refractivity (Wildman–Crippen MR) is 68.0 cm³/mol. The van der Waals surface area contributed by atoms with E-state index >= 15 is 0 Å². The van der Waals surface area contributed by atoms with E-state index in [4.69, 9.17) is 0 Å². The minimum atomic E-state index is 0.152. The highest BCUT2D eigenvalue weighted by molar-refractivity contribution is 5.94. The summed E-state index contributed by atoms with van der Waals surface area (Å²) in [7, 11) is 0. The van der Waals surface area contributed by atoms with Gasteiger partial charge in [0.15, 0.2) is 0 Å². The van der Waals surface area contributed by atoms with E-state index in [0.29, 0.717) is 11.8 Å². The van der Waals surface area contributed by atoms with Crippen LogP contribution in [-0.2, 0) is 0 Å². The first-order valence-corrected chi connectivity index (χ1v) is 6.37. The summed E-state index contributed by atoms with van der Waals surface area (Å²) in [5.41, 5.74) is 1.77. The maximum Gasteiger partial charge on any atom is 0.253 e. The Morgan fingerprint density at radius 2 is 2.24 bits per heavy atom. The van der Waals surface area contributed by atoms with E-state index in [0.717, 1.165) is 30.8 Å². The fraction of sp³-hybridized carbons (Fsp3) is 0.571. The predicted octanol–water partition coefficient (Wildman–Crippen LogP) is 2.69. The molecule has 2 heterocycles. The van der Waals surface area contributed by atoms with Crippen molar-refractivity contribution < 1.29 is 4.79 Å². The summed E-state index contributed by atoms with van der Waals surface area (Å²) in [6, 6.07) is 3.74. The van der Waals surface area contributed by atoms with Gasteiger partial charge in [0, 0.05) is 30.5 Å². The molecule has 1 saturated heterocycles. The molecule has 0 N–H and O–H groups in total. The van der Waals surface area contributed by atoms with Gasteiger partial charge in [0.25, 0.3) is 5.91 Å². The Morgan fingerprint density at radius 1 is 1.53 bits per heavy atom. The Morgan fingerprint density at radius 3 is 2.82 bits per heavy atom. The molecule has 0 saturated carbocycles. The molecule has 1 aromatic heterocycles. The molecule has 3 heteroatoms. The third-order valence-corrected chi connectivity index (χ3v) is 3.44. The lowest BCUT2D eigenvalue weighted by atomic mass is 9.96. The Hall–Kier alpha value is -1.38. The quantitative estimate of drug-likeness (QED) is 0.802. The minimum Gasteiger partial charge on any atom is -0.338 e. The molecule has 0 aliphatic carbocycles. The van der Waals surface area contributed by atoms with Gasteiger partial charge in [-0.2, -0.15) is 0 Å². The molecule has 0 radical (unpaired) electrons. The molecule has 0 atom stereocenters. The monoisotopic (exact) mass is 232 g/mol. The number of likely N-dealkylation sites (tertiary alicyclic amines) is 1. The molecule has 0 spiro atoms. The second-order valence-electron chi connectivity index (χ2n) is 5.11. The fourth-order valence-corrected chi connectivity index (χ4v) is 2.07. The van der Waals surface area contributed by atoms with Gasteiger partial charge in [-0.1, -0.05) is 20.8 Å². The van der Waals surface area contributed by atoms with Gasteiger partial charge in [0.05, 0.1) is 0 Å². The largest absolute Gasteiger partial charge is 0.338 e. The summed E-state index contributed by atoms with van der Waals surface area (Å²) in [4.78, 5) is 18.4. The maximum atomic E-state index is 12.2. The maximum absolute atomic E-state index is 12.2. The lowest BCUT2D eigenvalue weighted by Gasteiger charge is -2.38. The van der Waals surface area contributed by atoms with Crippen molar-refractivity contribution in [3.8, 4) is 0 Å². The van der Waals surface area contributed by atoms with E-state index in [1.165, 1.54) is 0 Å². The molecule has 1 aliphatic rings. The van der Waals surface area contributed by atoms with E-state index < -0.39 is 0 Å². The number of rotatable bonds is 3. The van der Waals surface area contributed by atoms with Gasteiger partial charge >= 0.3 is 0 Å². The topological polar surface area (TPSA) is 33.2 Å². The van der Waals surface area contributed by atoms with E-state index in [2.05, 4.69) is 25.8 Å². The van der Waals surface area contributed by atoms with Crippen molar-refractivity contribution in [2.75, 3.05) is 13.1 Å². The Kier molecular flexibility index (Phi) is 3.46. The first kappa shape index (κ1) is 12.1. The Labute approximate surface area is 103 Å². The average Bonchev–Trinajstić information content (AvgIpc) is 2.27. The van der Waals surface area contributed by atoms with E-state index in [1.807, 2.05) is 17.0 Å². The van der Waals surface area contributed by atoms with Crippen LogP contribution < -0.4 is 0 Å². The summed E-state index contributed by atoms with van der Waals surface area (Å²) in [5.74, 6) is 1.21. The zero-order valence-corrected chi connectivity index (χ0v) is 10.8. The summed E-state index contributed by atoms with van der Waals surface area (Å²) in [6.07, 6.45) is 2.90. The SMILES string of the molecule is CCC1CN(C(=O)c2ccnc(C(C)C)c2)C1. The van der Waals surface area contributed by atoms with Crippen LogP contribution >= 0.6 is 0 Å². The first-order chi connectivity index (χ1) is 8.11. The Balaban J connectivity index is 2.07. The molecular formula is C14H20N2O. The van der Waals surface area contributed by atoms with Crippen molar-refractivity contribution in [3.05, 3.63) is 29.6 Å². The van der Waals surface area contributed by atoms with Crippen LogP contribution in [0.15, 0.2) is 18.3 Å². The molecule has 1 aromatic rings. The van der Waals surface area contributed by atoms with E-state index in [-0.39, 0.29) is 5.91 Å². The van der Waals surface area contributed by atoms with Gasteiger partial charge in [0.2, 0.25) is 0 Å². The average molecular weight is 232 g/mol. The number of hydrogen-bond donors (Lipinski definition) is 0. The lowest BCUT2D eigenvalue weighted by molar-refractivity contribution is 0.0494. The summed E-state index contributed by atoms with van der Waals surface area (Å²) < 4.78 is 0. The molecule has 0 unspecified atom stereocenters. The first-order valence-electron chi connectivity index (χ1n) is 6.37. The molecule has 0 aromatic carbocycles. The van der Waals surface area contributed by atoms with Gasteiger partial charge < -0.3 is 4.90 Å². The molecular weight excluding hydrogens is 212 g/mol. The molecule has 0 bridgehead atoms. The van der Waals surface area contributed by atoms with Crippen LogP contribution in [0.5, 0.6) is 0 Å². The number of carbonyl (C=O) groups excluding carboxylic acids is 1. The fourth-order valence-electron chi connectivity index (χ4n) is 2.07. The third-order valence-electron chi connectivity index (χ3n) is 3.44. The van der Waals surface area contributed by atoms with Gasteiger partial charge in [0.1, 0.15) is 0 Å². The normalized spacial score (nSPS) is 16.1. The van der Waals surface area contributed by atoms with Crippen molar-refractivity contribution in [2.45, 2.75) is 33.1 Å². The zero-order chi connectivity index (χ0) is 12.4. The Bertz CT molecular complexity index is 408. The van der Waals surface area contributed by atoms with Crippen LogP contribution in [0.25, 0.3) is 0 Å². The van der Waals surface area contributed by atoms with Crippen LogP contribution in [0.1, 0.15) is 49.2 Å². The highest BCUT2D eigenvalue weighted by atomic mass is 16.2. The smallest absolute Gasteiger partial charge is 0.253 e. The number of aromatic nitrogens is 1. The van der Waals surface area contributed by atoms with Gasteiger partial charge in [-0.15, -0.1) is 0 Å². The number of nitrogens with zero attached hydrogens (tertiary/aromatic N) is 2. The molecule has 2 rings (SSSR count). The molecule has 17 heavy (non-hydrogen) atoms. The van der Waals surface area contributed by atoms with Crippen LogP contribution in [0.4, 0.5) is 0 Å². The number of hydrogen-bond acceptors (Lipinski definition) is 2. The van der Waals surface area contributed by atoms with Crippen LogP contribution in [0.2, 0.25) is 0 Å². The van der Waals surface area contributed by atoms with Crippen molar-refractivity contribution >= 4 is 5.91 Å². The number of pyridine rings is 1. The molecule has 92 valence electrons. The van der Waals surface area contributed by atoms with Gasteiger partial charge in [-0.05, 0) is 30.4 Å². The third kappa shape index (κ3) is 2.48. The van der Waals surface area contributed by atoms with Crippen molar-refractivity contribution in [1.82, 2.24) is 9.88 Å². The highest BCUT2D eigenvalue weighted by Crippen LogP contribution is 2.22. The van der Waals surface area contributed by atoms with Crippen LogP contribution in [0, 0.1) is 5.92 Å². The van der Waals surface area contributed by atoms with Crippen molar-refractivity contribution in [1.29, 1.82) is 0 Å². The zero-order valence-electron chi connectivity index (χ0n) is 10.8. The van der Waals surface area contributed by atoms with Crippen molar-refractivity contribution in [2.24, 2.45) is 5.92 Å². The summed E-state index contributed by atoms with van der Waals surface area (Å²) in [5, 5.41) is 0. The van der Waals surface area contributed by atoms with Gasteiger partial charge in [-0.25, -0.2) is 0 Å². The highest BCUT2D eigenvalue weighted by Gasteiger charge is 2.29.